The molecule has 6 nitrogen and oxygen atoms in total. The molecule has 6 heteroatoms. The second-order valence-corrected chi connectivity index (χ2v) is 3.27. The third-order valence-corrected chi connectivity index (χ3v) is 2.05. The number of hydrogen-bond donors (Lipinski definition) is 0. The normalized spacial score (nSPS) is 9.94. The highest BCUT2D eigenvalue weighted by Crippen LogP contribution is 2.38. The summed E-state index contributed by atoms with van der Waals surface area (Å²) in [4.78, 5) is 10.8. The molecule has 100 valence electrons. The van der Waals surface area contributed by atoms with Gasteiger partial charge in [-0.25, -0.2) is 0 Å². The second-order valence-electron chi connectivity index (χ2n) is 3.27. The van der Waals surface area contributed by atoms with Crippen LogP contribution in [0.4, 0.5) is 0 Å². The van der Waals surface area contributed by atoms with E-state index in [1.807, 2.05) is 0 Å². The molecule has 1 aromatic carbocycles. The molecule has 0 aromatic heterocycles. The number of aldehydes is 1. The van der Waals surface area contributed by atoms with Crippen LogP contribution < -0.4 is 14.2 Å². The molecule has 0 radical (unpaired) electrons. The minimum absolute atomic E-state index is 0.0440. The van der Waals surface area contributed by atoms with Crippen molar-refractivity contribution in [3.05, 3.63) is 17.7 Å². The lowest BCUT2D eigenvalue weighted by Gasteiger charge is -2.15. The van der Waals surface area contributed by atoms with Crippen LogP contribution in [0.2, 0.25) is 0 Å². The number of benzene rings is 1. The maximum atomic E-state index is 10.8. The van der Waals surface area contributed by atoms with Crippen molar-refractivity contribution in [2.75, 3.05) is 34.9 Å². The monoisotopic (exact) mass is 256 g/mol. The van der Waals surface area contributed by atoms with Gasteiger partial charge in [0.05, 0.1) is 7.11 Å². The van der Waals surface area contributed by atoms with Crippen LogP contribution in [0.1, 0.15) is 10.4 Å². The van der Waals surface area contributed by atoms with Crippen molar-refractivity contribution in [1.82, 2.24) is 0 Å². The first-order chi connectivity index (χ1) is 8.76. The van der Waals surface area contributed by atoms with Gasteiger partial charge in [0.1, 0.15) is 6.29 Å². The van der Waals surface area contributed by atoms with E-state index in [1.54, 1.807) is 12.1 Å². The number of carbonyl (C=O) groups excluding carboxylic acids is 1. The topological polar surface area (TPSA) is 63.2 Å². The average molecular weight is 256 g/mol. The van der Waals surface area contributed by atoms with Crippen molar-refractivity contribution < 1.29 is 28.5 Å². The highest BCUT2D eigenvalue weighted by molar-refractivity contribution is 5.78. The summed E-state index contributed by atoms with van der Waals surface area (Å²) >= 11 is 0. The fraction of sp³-hybridized carbons (Fsp3) is 0.417. The Morgan fingerprint density at radius 1 is 1.00 bits per heavy atom. The van der Waals surface area contributed by atoms with Crippen LogP contribution in [0.5, 0.6) is 17.2 Å². The van der Waals surface area contributed by atoms with E-state index in [0.29, 0.717) is 29.1 Å². The van der Waals surface area contributed by atoms with E-state index in [9.17, 15) is 4.79 Å². The van der Waals surface area contributed by atoms with Crippen molar-refractivity contribution in [2.24, 2.45) is 0 Å². The van der Waals surface area contributed by atoms with Crippen LogP contribution in [0.3, 0.4) is 0 Å². The fourth-order valence-corrected chi connectivity index (χ4v) is 1.33. The Labute approximate surface area is 105 Å². The minimum Gasteiger partial charge on any atom is -0.490 e. The smallest absolute Gasteiger partial charge is 0.203 e. The predicted octanol–water partition coefficient (Wildman–Crippen LogP) is 1.47. The lowest BCUT2D eigenvalue weighted by atomic mass is 10.2. The van der Waals surface area contributed by atoms with E-state index in [-0.39, 0.29) is 13.6 Å². The predicted molar refractivity (Wildman–Crippen MR) is 63.4 cm³/mol. The first kappa shape index (κ1) is 14.3. The Hall–Kier alpha value is -1.79. The van der Waals surface area contributed by atoms with Gasteiger partial charge >= 0.3 is 0 Å². The SMILES string of the molecule is COCOc1cc(C=O)cc(OCOC)c1OC. The van der Waals surface area contributed by atoms with Crippen molar-refractivity contribution in [3.8, 4) is 17.2 Å². The van der Waals surface area contributed by atoms with Crippen molar-refractivity contribution in [1.29, 1.82) is 0 Å². The Morgan fingerprint density at radius 3 is 1.83 bits per heavy atom. The molecule has 0 saturated heterocycles. The minimum atomic E-state index is 0.0440. The van der Waals surface area contributed by atoms with E-state index in [0.717, 1.165) is 0 Å². The van der Waals surface area contributed by atoms with E-state index in [1.165, 1.54) is 21.3 Å². The summed E-state index contributed by atoms with van der Waals surface area (Å²) in [5, 5.41) is 0. The zero-order valence-electron chi connectivity index (χ0n) is 10.6. The number of carbonyl (C=O) groups is 1. The summed E-state index contributed by atoms with van der Waals surface area (Å²) in [6, 6.07) is 3.09. The Balaban J connectivity index is 3.08. The molecule has 1 aromatic rings. The van der Waals surface area contributed by atoms with E-state index in [2.05, 4.69) is 0 Å². The summed E-state index contributed by atoms with van der Waals surface area (Å²) in [5.41, 5.74) is 0.410. The molecule has 0 aliphatic rings. The largest absolute Gasteiger partial charge is 0.490 e. The van der Waals surface area contributed by atoms with E-state index < -0.39 is 0 Å². The third-order valence-electron chi connectivity index (χ3n) is 2.05. The van der Waals surface area contributed by atoms with Gasteiger partial charge in [0, 0.05) is 19.8 Å². The molecule has 0 N–H and O–H groups in total. The van der Waals surface area contributed by atoms with Gasteiger partial charge < -0.3 is 23.7 Å². The summed E-state index contributed by atoms with van der Waals surface area (Å²) in [6.07, 6.45) is 0.693. The van der Waals surface area contributed by atoms with Gasteiger partial charge in [-0.15, -0.1) is 0 Å². The molecule has 0 spiro atoms. The van der Waals surface area contributed by atoms with Gasteiger partial charge in [0.25, 0.3) is 0 Å². The van der Waals surface area contributed by atoms with Crippen LogP contribution >= 0.6 is 0 Å². The Bertz CT molecular complexity index is 361. The molecular weight excluding hydrogens is 240 g/mol. The molecule has 0 aliphatic heterocycles. The van der Waals surface area contributed by atoms with Crippen molar-refractivity contribution in [2.45, 2.75) is 0 Å². The van der Waals surface area contributed by atoms with Crippen LogP contribution in [0, 0.1) is 0 Å². The molecule has 0 atom stereocenters. The third kappa shape index (κ3) is 3.61. The molecule has 1 rings (SSSR count). The van der Waals surface area contributed by atoms with Crippen LogP contribution in [0.15, 0.2) is 12.1 Å². The zero-order valence-corrected chi connectivity index (χ0v) is 10.6. The molecule has 18 heavy (non-hydrogen) atoms. The van der Waals surface area contributed by atoms with E-state index >= 15 is 0 Å². The van der Waals surface area contributed by atoms with Crippen molar-refractivity contribution in [3.63, 3.8) is 0 Å². The summed E-state index contributed by atoms with van der Waals surface area (Å²) in [5.74, 6) is 1.12. The van der Waals surface area contributed by atoms with Gasteiger partial charge in [0.2, 0.25) is 5.75 Å². The molecule has 0 amide bonds. The first-order valence-electron chi connectivity index (χ1n) is 5.17. The Kier molecular flexibility index (Phi) is 5.96. The highest BCUT2D eigenvalue weighted by Gasteiger charge is 2.14. The number of ether oxygens (including phenoxy) is 5. The van der Waals surface area contributed by atoms with Crippen LogP contribution in [0.25, 0.3) is 0 Å². The molecule has 0 bridgehead atoms. The molecular formula is C12H16O6. The maximum Gasteiger partial charge on any atom is 0.203 e. The zero-order chi connectivity index (χ0) is 13.4. The van der Waals surface area contributed by atoms with Gasteiger partial charge in [0.15, 0.2) is 25.1 Å². The average Bonchev–Trinajstić information content (AvgIpc) is 2.41. The van der Waals surface area contributed by atoms with Gasteiger partial charge in [-0.05, 0) is 12.1 Å². The fourth-order valence-electron chi connectivity index (χ4n) is 1.33. The van der Waals surface area contributed by atoms with E-state index in [4.69, 9.17) is 23.7 Å². The lowest BCUT2D eigenvalue weighted by molar-refractivity contribution is 0.0421. The first-order valence-corrected chi connectivity index (χ1v) is 5.17. The van der Waals surface area contributed by atoms with Crippen LogP contribution in [-0.2, 0) is 9.47 Å². The molecule has 0 aliphatic carbocycles. The van der Waals surface area contributed by atoms with Gasteiger partial charge in [-0.1, -0.05) is 0 Å². The molecule has 0 fully saturated rings. The number of methoxy groups -OCH3 is 3. The molecule has 0 saturated carbocycles. The molecule has 0 heterocycles. The van der Waals surface area contributed by atoms with Crippen molar-refractivity contribution >= 4 is 6.29 Å². The van der Waals surface area contributed by atoms with Gasteiger partial charge in [-0.3, -0.25) is 4.79 Å². The quantitative estimate of drug-likeness (QED) is 0.518. The summed E-state index contributed by atoms with van der Waals surface area (Å²) in [7, 11) is 4.48. The lowest BCUT2D eigenvalue weighted by Crippen LogP contribution is -2.05. The number of rotatable bonds is 8. The Morgan fingerprint density at radius 2 is 1.50 bits per heavy atom. The highest BCUT2D eigenvalue weighted by atomic mass is 16.7. The molecule has 0 unspecified atom stereocenters. The number of hydrogen-bond acceptors (Lipinski definition) is 6. The van der Waals surface area contributed by atoms with Gasteiger partial charge in [-0.2, -0.15) is 0 Å². The second kappa shape index (κ2) is 7.52. The summed E-state index contributed by atoms with van der Waals surface area (Å²) < 4.78 is 25.4. The van der Waals surface area contributed by atoms with Crippen LogP contribution in [-0.4, -0.2) is 41.2 Å². The standard InChI is InChI=1S/C12H16O6/c1-14-7-17-10-4-9(6-13)5-11(12(10)16-3)18-8-15-2/h4-6H,7-8H2,1-3H3. The maximum absolute atomic E-state index is 10.8. The summed E-state index contributed by atoms with van der Waals surface area (Å²) in [6.45, 7) is 0.0881.